The van der Waals surface area contributed by atoms with Crippen LogP contribution >= 0.6 is 0 Å². The number of imide groups is 1. The first-order valence-corrected chi connectivity index (χ1v) is 8.86. The van der Waals surface area contributed by atoms with Crippen LogP contribution in [0.3, 0.4) is 0 Å². The lowest BCUT2D eigenvalue weighted by Crippen LogP contribution is -2.37. The molecule has 0 fully saturated rings. The number of carbonyl (C=O) groups excluding carboxylic acids is 2. The van der Waals surface area contributed by atoms with Crippen LogP contribution in [-0.2, 0) is 12.8 Å². The zero-order chi connectivity index (χ0) is 16.6. The molecule has 3 rings (SSSR count). The molecule has 0 spiro atoms. The van der Waals surface area contributed by atoms with Gasteiger partial charge in [0.15, 0.2) is 0 Å². The molecule has 0 saturated carbocycles. The number of hydrogen-bond donors (Lipinski definition) is 0. The smallest absolute Gasteiger partial charge is 0.261 e. The van der Waals surface area contributed by atoms with Crippen molar-refractivity contribution < 1.29 is 9.59 Å². The van der Waals surface area contributed by atoms with Gasteiger partial charge in [-0.2, -0.15) is 0 Å². The molecule has 4 nitrogen and oxygen atoms in total. The third-order valence-electron chi connectivity index (χ3n) is 5.06. The quantitative estimate of drug-likeness (QED) is 0.758. The molecule has 0 unspecified atom stereocenters. The standard InChI is InChI=1S/C19H26N2O2/c1-4-7-20(8-5-2)15-9-13-11-16-17(12-14(13)10-15)19(23)21(6-3)18(16)22/h11-12,15H,4-10H2,1-3H3. The van der Waals surface area contributed by atoms with Crippen molar-refractivity contribution in [1.29, 1.82) is 0 Å². The van der Waals surface area contributed by atoms with Crippen molar-refractivity contribution in [1.82, 2.24) is 9.80 Å². The highest BCUT2D eigenvalue weighted by Gasteiger charge is 2.37. The number of benzene rings is 1. The number of fused-ring (bicyclic) bond motifs is 2. The summed E-state index contributed by atoms with van der Waals surface area (Å²) in [6.45, 7) is 8.96. The van der Waals surface area contributed by atoms with Crippen molar-refractivity contribution in [3.63, 3.8) is 0 Å². The molecule has 1 aliphatic carbocycles. The molecule has 1 aromatic rings. The second kappa shape index (κ2) is 6.44. The van der Waals surface area contributed by atoms with E-state index in [4.69, 9.17) is 0 Å². The van der Waals surface area contributed by atoms with Crippen molar-refractivity contribution in [3.05, 3.63) is 34.4 Å². The largest absolute Gasteiger partial charge is 0.300 e. The van der Waals surface area contributed by atoms with Crippen molar-refractivity contribution in [2.75, 3.05) is 19.6 Å². The number of nitrogens with zero attached hydrogens (tertiary/aromatic N) is 2. The van der Waals surface area contributed by atoms with Gasteiger partial charge in [0, 0.05) is 12.6 Å². The van der Waals surface area contributed by atoms with E-state index in [0.717, 1.165) is 38.8 Å². The van der Waals surface area contributed by atoms with E-state index in [1.165, 1.54) is 16.0 Å². The summed E-state index contributed by atoms with van der Waals surface area (Å²) in [6.07, 6.45) is 4.31. The SMILES string of the molecule is CCCN(CCC)C1Cc2cc3c(cc2C1)C(=O)N(CC)C3=O. The van der Waals surface area contributed by atoms with E-state index in [2.05, 4.69) is 18.7 Å². The monoisotopic (exact) mass is 314 g/mol. The van der Waals surface area contributed by atoms with E-state index in [-0.39, 0.29) is 11.8 Å². The highest BCUT2D eigenvalue weighted by atomic mass is 16.2. The molecule has 0 aromatic heterocycles. The second-order valence-electron chi connectivity index (χ2n) is 6.62. The third kappa shape index (κ3) is 2.69. The summed E-state index contributed by atoms with van der Waals surface area (Å²) in [7, 11) is 0. The minimum Gasteiger partial charge on any atom is -0.300 e. The Balaban J connectivity index is 1.86. The molecule has 0 radical (unpaired) electrons. The first-order valence-electron chi connectivity index (χ1n) is 8.86. The van der Waals surface area contributed by atoms with Gasteiger partial charge in [-0.1, -0.05) is 13.8 Å². The zero-order valence-electron chi connectivity index (χ0n) is 14.4. The number of carbonyl (C=O) groups is 2. The second-order valence-corrected chi connectivity index (χ2v) is 6.62. The van der Waals surface area contributed by atoms with E-state index in [1.54, 1.807) is 0 Å². The lowest BCUT2D eigenvalue weighted by Gasteiger charge is -2.27. The average molecular weight is 314 g/mol. The third-order valence-corrected chi connectivity index (χ3v) is 5.06. The number of amides is 2. The van der Waals surface area contributed by atoms with Crippen molar-refractivity contribution >= 4 is 11.8 Å². The first-order chi connectivity index (χ1) is 11.1. The van der Waals surface area contributed by atoms with Crippen LogP contribution in [-0.4, -0.2) is 47.3 Å². The van der Waals surface area contributed by atoms with Crippen LogP contribution in [0, 0.1) is 0 Å². The van der Waals surface area contributed by atoms with Crippen molar-refractivity contribution in [3.8, 4) is 0 Å². The van der Waals surface area contributed by atoms with Gasteiger partial charge in [-0.3, -0.25) is 19.4 Å². The van der Waals surface area contributed by atoms with Crippen molar-refractivity contribution in [2.45, 2.75) is 52.5 Å². The van der Waals surface area contributed by atoms with Crippen LogP contribution in [0.2, 0.25) is 0 Å². The summed E-state index contributed by atoms with van der Waals surface area (Å²) in [5.74, 6) is -0.254. The molecular formula is C19H26N2O2. The molecule has 0 atom stereocenters. The Morgan fingerprint density at radius 3 is 1.83 bits per heavy atom. The molecular weight excluding hydrogens is 288 g/mol. The normalized spacial score (nSPS) is 17.3. The summed E-state index contributed by atoms with van der Waals surface area (Å²) in [5.41, 5.74) is 3.72. The number of hydrogen-bond acceptors (Lipinski definition) is 3. The summed E-state index contributed by atoms with van der Waals surface area (Å²) in [6, 6.07) is 4.48. The molecule has 2 amide bonds. The Hall–Kier alpha value is -1.68. The highest BCUT2D eigenvalue weighted by Crippen LogP contribution is 2.32. The summed E-state index contributed by atoms with van der Waals surface area (Å²) in [4.78, 5) is 28.6. The molecule has 124 valence electrons. The Kier molecular flexibility index (Phi) is 4.53. The maximum atomic E-state index is 12.4. The van der Waals surface area contributed by atoms with Gasteiger partial charge in [-0.05, 0) is 69.0 Å². The van der Waals surface area contributed by atoms with Crippen LogP contribution < -0.4 is 0 Å². The summed E-state index contributed by atoms with van der Waals surface area (Å²) < 4.78 is 0. The van der Waals surface area contributed by atoms with E-state index in [0.29, 0.717) is 23.7 Å². The molecule has 23 heavy (non-hydrogen) atoms. The Morgan fingerprint density at radius 2 is 1.43 bits per heavy atom. The maximum Gasteiger partial charge on any atom is 0.261 e. The van der Waals surface area contributed by atoms with E-state index in [1.807, 2.05) is 19.1 Å². The van der Waals surface area contributed by atoms with Gasteiger partial charge >= 0.3 is 0 Å². The number of rotatable bonds is 6. The van der Waals surface area contributed by atoms with Crippen LogP contribution in [0.1, 0.15) is 65.5 Å². The van der Waals surface area contributed by atoms with Crippen LogP contribution in [0.15, 0.2) is 12.1 Å². The van der Waals surface area contributed by atoms with Gasteiger partial charge in [0.25, 0.3) is 11.8 Å². The lowest BCUT2D eigenvalue weighted by atomic mass is 10.0. The first kappa shape index (κ1) is 16.2. The van der Waals surface area contributed by atoms with Gasteiger partial charge < -0.3 is 0 Å². The molecule has 0 N–H and O–H groups in total. The minimum absolute atomic E-state index is 0.127. The fourth-order valence-electron chi connectivity index (χ4n) is 3.98. The van der Waals surface area contributed by atoms with E-state index in [9.17, 15) is 9.59 Å². The van der Waals surface area contributed by atoms with Crippen molar-refractivity contribution in [2.24, 2.45) is 0 Å². The van der Waals surface area contributed by atoms with E-state index < -0.39 is 0 Å². The van der Waals surface area contributed by atoms with Crippen LogP contribution in [0.5, 0.6) is 0 Å². The molecule has 1 aliphatic heterocycles. The summed E-state index contributed by atoms with van der Waals surface area (Å²) >= 11 is 0. The fourth-order valence-corrected chi connectivity index (χ4v) is 3.98. The molecule has 1 heterocycles. The Bertz CT molecular complexity index is 588. The maximum absolute atomic E-state index is 12.4. The molecule has 0 saturated heterocycles. The zero-order valence-corrected chi connectivity index (χ0v) is 14.4. The highest BCUT2D eigenvalue weighted by molar-refractivity contribution is 6.21. The predicted molar refractivity (Wildman–Crippen MR) is 90.8 cm³/mol. The molecule has 4 heteroatoms. The summed E-state index contributed by atoms with van der Waals surface area (Å²) in [5, 5.41) is 0. The lowest BCUT2D eigenvalue weighted by molar-refractivity contribution is 0.0663. The topological polar surface area (TPSA) is 40.6 Å². The molecule has 1 aromatic carbocycles. The fraction of sp³-hybridized carbons (Fsp3) is 0.579. The van der Waals surface area contributed by atoms with Crippen LogP contribution in [0.4, 0.5) is 0 Å². The van der Waals surface area contributed by atoms with E-state index >= 15 is 0 Å². The average Bonchev–Trinajstić information content (AvgIpc) is 3.05. The Morgan fingerprint density at radius 1 is 0.957 bits per heavy atom. The van der Waals surface area contributed by atoms with Gasteiger partial charge in [-0.15, -0.1) is 0 Å². The molecule has 2 aliphatic rings. The van der Waals surface area contributed by atoms with Crippen LogP contribution in [0.25, 0.3) is 0 Å². The minimum atomic E-state index is -0.127. The Labute approximate surface area is 138 Å². The predicted octanol–water partition coefficient (Wildman–Crippen LogP) is 2.89. The van der Waals surface area contributed by atoms with Gasteiger partial charge in [-0.25, -0.2) is 0 Å². The van der Waals surface area contributed by atoms with Gasteiger partial charge in [0.05, 0.1) is 11.1 Å². The van der Waals surface area contributed by atoms with Gasteiger partial charge in [0.1, 0.15) is 0 Å². The van der Waals surface area contributed by atoms with Gasteiger partial charge in [0.2, 0.25) is 0 Å². The molecule has 0 bridgehead atoms.